The van der Waals surface area contributed by atoms with Gasteiger partial charge in [0.05, 0.1) is 5.69 Å². The predicted octanol–water partition coefficient (Wildman–Crippen LogP) is 1.34. The number of nitrogen functional groups attached to an aromatic ring is 1. The minimum absolute atomic E-state index is 0.0540. The molecular formula is C12H19N3O. The number of nitrogens with two attached hydrogens (primary N) is 1. The molecule has 1 heterocycles. The van der Waals surface area contributed by atoms with Gasteiger partial charge in [0.2, 0.25) is 0 Å². The molecule has 2 N–H and O–H groups in total. The van der Waals surface area contributed by atoms with Gasteiger partial charge in [-0.1, -0.05) is 6.92 Å². The van der Waals surface area contributed by atoms with Crippen LogP contribution in [0.25, 0.3) is 0 Å². The molecule has 0 aromatic carbocycles. The number of aromatic nitrogens is 1. The van der Waals surface area contributed by atoms with Gasteiger partial charge in [-0.25, -0.2) is 0 Å². The molecule has 1 aliphatic rings. The molecule has 88 valence electrons. The molecule has 1 saturated carbocycles. The minimum Gasteiger partial charge on any atom is -0.397 e. The van der Waals surface area contributed by atoms with Gasteiger partial charge in [0.1, 0.15) is 5.69 Å². The first-order valence-electron chi connectivity index (χ1n) is 5.66. The van der Waals surface area contributed by atoms with Crippen molar-refractivity contribution in [2.45, 2.75) is 13.3 Å². The molecule has 1 aromatic rings. The molecule has 0 saturated heterocycles. The van der Waals surface area contributed by atoms with Crippen LogP contribution in [-0.4, -0.2) is 29.0 Å². The monoisotopic (exact) mass is 221 g/mol. The number of hydrogen-bond acceptors (Lipinski definition) is 2. The van der Waals surface area contributed by atoms with E-state index in [0.717, 1.165) is 12.5 Å². The molecule has 1 aliphatic carbocycles. The van der Waals surface area contributed by atoms with Gasteiger partial charge < -0.3 is 15.2 Å². The topological polar surface area (TPSA) is 51.3 Å². The molecular weight excluding hydrogens is 202 g/mol. The summed E-state index contributed by atoms with van der Waals surface area (Å²) in [6.45, 7) is 3.08. The van der Waals surface area contributed by atoms with E-state index < -0.39 is 0 Å². The van der Waals surface area contributed by atoms with Crippen LogP contribution in [0.1, 0.15) is 23.8 Å². The van der Waals surface area contributed by atoms with Crippen molar-refractivity contribution in [1.29, 1.82) is 0 Å². The predicted molar refractivity (Wildman–Crippen MR) is 64.1 cm³/mol. The van der Waals surface area contributed by atoms with Crippen molar-refractivity contribution >= 4 is 11.6 Å². The van der Waals surface area contributed by atoms with E-state index in [2.05, 4.69) is 6.92 Å². The first-order valence-corrected chi connectivity index (χ1v) is 5.66. The number of amides is 1. The van der Waals surface area contributed by atoms with Gasteiger partial charge in [0.25, 0.3) is 5.91 Å². The van der Waals surface area contributed by atoms with Crippen LogP contribution in [0.3, 0.4) is 0 Å². The van der Waals surface area contributed by atoms with E-state index in [1.807, 2.05) is 14.1 Å². The molecule has 1 aromatic heterocycles. The summed E-state index contributed by atoms with van der Waals surface area (Å²) in [6.07, 6.45) is 3.01. The van der Waals surface area contributed by atoms with Crippen LogP contribution in [0.15, 0.2) is 12.3 Å². The second-order valence-corrected chi connectivity index (χ2v) is 4.93. The van der Waals surface area contributed by atoms with Crippen molar-refractivity contribution in [3.63, 3.8) is 0 Å². The van der Waals surface area contributed by atoms with E-state index in [-0.39, 0.29) is 5.91 Å². The largest absolute Gasteiger partial charge is 0.397 e. The number of hydrogen-bond donors (Lipinski definition) is 1. The van der Waals surface area contributed by atoms with Crippen molar-refractivity contribution in [1.82, 2.24) is 9.47 Å². The third-order valence-corrected chi connectivity index (χ3v) is 3.38. The Labute approximate surface area is 96.0 Å². The number of rotatable bonds is 3. The Morgan fingerprint density at radius 2 is 2.31 bits per heavy atom. The van der Waals surface area contributed by atoms with E-state index in [0.29, 0.717) is 17.3 Å². The Kier molecular flexibility index (Phi) is 2.66. The first kappa shape index (κ1) is 11.0. The summed E-state index contributed by atoms with van der Waals surface area (Å²) < 4.78 is 1.78. The van der Waals surface area contributed by atoms with Gasteiger partial charge in [-0.3, -0.25) is 4.79 Å². The van der Waals surface area contributed by atoms with Gasteiger partial charge in [0.15, 0.2) is 0 Å². The highest BCUT2D eigenvalue weighted by Crippen LogP contribution is 2.38. The van der Waals surface area contributed by atoms with Crippen molar-refractivity contribution in [3.05, 3.63) is 18.0 Å². The molecule has 0 aliphatic heterocycles. The van der Waals surface area contributed by atoms with Gasteiger partial charge in [-0.2, -0.15) is 0 Å². The molecule has 2 atom stereocenters. The third-order valence-electron chi connectivity index (χ3n) is 3.38. The Balaban J connectivity index is 2.03. The summed E-state index contributed by atoms with van der Waals surface area (Å²) in [4.78, 5) is 13.9. The van der Waals surface area contributed by atoms with Gasteiger partial charge >= 0.3 is 0 Å². The molecule has 16 heavy (non-hydrogen) atoms. The standard InChI is InChI=1S/C12H19N3O/c1-8-4-9(8)6-15(3)12(16)11-5-10(13)7-14(11)2/h5,7-9H,4,6,13H2,1-3H3. The van der Waals surface area contributed by atoms with Crippen LogP contribution < -0.4 is 5.73 Å². The van der Waals surface area contributed by atoms with E-state index >= 15 is 0 Å². The van der Waals surface area contributed by atoms with Crippen LogP contribution in [0, 0.1) is 11.8 Å². The molecule has 2 unspecified atom stereocenters. The van der Waals surface area contributed by atoms with Crippen LogP contribution in [0.5, 0.6) is 0 Å². The van der Waals surface area contributed by atoms with Crippen molar-refractivity contribution in [2.24, 2.45) is 18.9 Å². The number of carbonyl (C=O) groups excluding carboxylic acids is 1. The van der Waals surface area contributed by atoms with Gasteiger partial charge in [-0.15, -0.1) is 0 Å². The summed E-state index contributed by atoms with van der Waals surface area (Å²) in [5, 5.41) is 0. The van der Waals surface area contributed by atoms with Gasteiger partial charge in [-0.05, 0) is 24.3 Å². The molecule has 1 fully saturated rings. The summed E-state index contributed by atoms with van der Waals surface area (Å²) >= 11 is 0. The molecule has 0 bridgehead atoms. The lowest BCUT2D eigenvalue weighted by atomic mass is 10.3. The van der Waals surface area contributed by atoms with Crippen molar-refractivity contribution < 1.29 is 4.79 Å². The average Bonchev–Trinajstić information content (AvgIpc) is 2.77. The summed E-state index contributed by atoms with van der Waals surface area (Å²) in [5.41, 5.74) is 6.96. The second-order valence-electron chi connectivity index (χ2n) is 4.93. The number of aryl methyl sites for hydroxylation is 1. The quantitative estimate of drug-likeness (QED) is 0.837. The highest BCUT2D eigenvalue weighted by Gasteiger charge is 2.34. The summed E-state index contributed by atoms with van der Waals surface area (Å²) in [6, 6.07) is 1.73. The highest BCUT2D eigenvalue weighted by atomic mass is 16.2. The third kappa shape index (κ3) is 2.05. The normalized spacial score (nSPS) is 23.2. The summed E-state index contributed by atoms with van der Waals surface area (Å²) in [5.74, 6) is 1.51. The average molecular weight is 221 g/mol. The second kappa shape index (κ2) is 3.85. The fourth-order valence-electron chi connectivity index (χ4n) is 2.09. The molecule has 4 heteroatoms. The Bertz CT molecular complexity index is 410. The molecule has 2 rings (SSSR count). The van der Waals surface area contributed by atoms with Crippen LogP contribution in [-0.2, 0) is 7.05 Å². The zero-order valence-electron chi connectivity index (χ0n) is 10.1. The first-order chi connectivity index (χ1) is 7.49. The molecule has 1 amide bonds. The van der Waals surface area contributed by atoms with Crippen LogP contribution >= 0.6 is 0 Å². The SMILES string of the molecule is CC1CC1CN(C)C(=O)c1cc(N)cn1C. The van der Waals surface area contributed by atoms with E-state index in [1.165, 1.54) is 6.42 Å². The minimum atomic E-state index is 0.0540. The van der Waals surface area contributed by atoms with E-state index in [9.17, 15) is 4.79 Å². The maximum atomic E-state index is 12.1. The fourth-order valence-corrected chi connectivity index (χ4v) is 2.09. The maximum Gasteiger partial charge on any atom is 0.270 e. The zero-order chi connectivity index (χ0) is 11.9. The van der Waals surface area contributed by atoms with Crippen LogP contribution in [0.2, 0.25) is 0 Å². The number of carbonyl (C=O) groups is 1. The Morgan fingerprint density at radius 1 is 1.69 bits per heavy atom. The van der Waals surface area contributed by atoms with E-state index in [1.54, 1.807) is 21.7 Å². The molecule has 4 nitrogen and oxygen atoms in total. The maximum absolute atomic E-state index is 12.1. The number of anilines is 1. The Hall–Kier alpha value is -1.45. The zero-order valence-corrected chi connectivity index (χ0v) is 10.1. The van der Waals surface area contributed by atoms with Gasteiger partial charge in [0, 0.05) is 26.8 Å². The van der Waals surface area contributed by atoms with E-state index in [4.69, 9.17) is 5.73 Å². The highest BCUT2D eigenvalue weighted by molar-refractivity contribution is 5.93. The van der Waals surface area contributed by atoms with Crippen molar-refractivity contribution in [2.75, 3.05) is 19.3 Å². The number of nitrogens with zero attached hydrogens (tertiary/aromatic N) is 2. The van der Waals surface area contributed by atoms with Crippen molar-refractivity contribution in [3.8, 4) is 0 Å². The summed E-state index contributed by atoms with van der Waals surface area (Å²) in [7, 11) is 3.70. The Morgan fingerprint density at radius 3 is 2.75 bits per heavy atom. The lowest BCUT2D eigenvalue weighted by molar-refractivity contribution is 0.0777. The molecule has 0 radical (unpaired) electrons. The fraction of sp³-hybridized carbons (Fsp3) is 0.583. The lowest BCUT2D eigenvalue weighted by Gasteiger charge is -2.17. The molecule has 0 spiro atoms. The lowest BCUT2D eigenvalue weighted by Crippen LogP contribution is -2.30. The smallest absolute Gasteiger partial charge is 0.270 e. The van der Waals surface area contributed by atoms with Crippen LogP contribution in [0.4, 0.5) is 5.69 Å².